The summed E-state index contributed by atoms with van der Waals surface area (Å²) in [6.45, 7) is 2.78. The summed E-state index contributed by atoms with van der Waals surface area (Å²) in [5, 5.41) is 0. The Labute approximate surface area is 160 Å². The van der Waals surface area contributed by atoms with Crippen molar-refractivity contribution in [3.8, 4) is 17.2 Å². The van der Waals surface area contributed by atoms with Gasteiger partial charge in [-0.15, -0.1) is 0 Å². The maximum atomic E-state index is 6.09. The van der Waals surface area contributed by atoms with Gasteiger partial charge in [-0.2, -0.15) is 0 Å². The van der Waals surface area contributed by atoms with E-state index in [0.717, 1.165) is 28.6 Å². The van der Waals surface area contributed by atoms with Gasteiger partial charge in [0.1, 0.15) is 23.4 Å². The Kier molecular flexibility index (Phi) is 6.21. The van der Waals surface area contributed by atoms with Crippen molar-refractivity contribution in [3.63, 3.8) is 0 Å². The molecule has 4 nitrogen and oxygen atoms in total. The highest BCUT2D eigenvalue weighted by Gasteiger charge is 2.15. The Balaban J connectivity index is 1.83. The number of anilines is 2. The highest BCUT2D eigenvalue weighted by atomic mass is 16.5. The summed E-state index contributed by atoms with van der Waals surface area (Å²) in [6, 6.07) is 26.0. The quantitative estimate of drug-likeness (QED) is 0.543. The molecule has 3 rings (SSSR count). The van der Waals surface area contributed by atoms with E-state index in [9.17, 15) is 0 Å². The lowest BCUT2D eigenvalue weighted by molar-refractivity contribution is 0.229. The fourth-order valence-electron chi connectivity index (χ4n) is 2.91. The Morgan fingerprint density at radius 1 is 0.667 bits per heavy atom. The second-order valence-electron chi connectivity index (χ2n) is 6.25. The number of hydrogen-bond acceptors (Lipinski definition) is 4. The number of methoxy groups -OCH3 is 2. The Morgan fingerprint density at radius 2 is 1.15 bits per heavy atom. The first-order valence-electron chi connectivity index (χ1n) is 8.97. The van der Waals surface area contributed by atoms with E-state index in [1.54, 1.807) is 14.2 Å². The predicted octanol–water partition coefficient (Wildman–Crippen LogP) is 5.31. The summed E-state index contributed by atoms with van der Waals surface area (Å²) in [5.74, 6) is 2.54. The first kappa shape index (κ1) is 18.6. The standard InChI is InChI=1S/C23H25NO3/c1-18(27-23-7-5-4-6-8-23)17-24(19-9-13-21(25-2)14-10-19)20-11-15-22(26-3)16-12-20/h4-16,18H,17H2,1-3H3. The fourth-order valence-corrected chi connectivity index (χ4v) is 2.91. The summed E-state index contributed by atoms with van der Waals surface area (Å²) < 4.78 is 16.7. The third-order valence-corrected chi connectivity index (χ3v) is 4.29. The molecule has 0 saturated carbocycles. The van der Waals surface area contributed by atoms with Crippen LogP contribution in [-0.4, -0.2) is 26.9 Å². The van der Waals surface area contributed by atoms with Crippen LogP contribution >= 0.6 is 0 Å². The molecule has 0 fully saturated rings. The molecule has 0 radical (unpaired) electrons. The van der Waals surface area contributed by atoms with Gasteiger partial charge in [0.15, 0.2) is 0 Å². The van der Waals surface area contributed by atoms with Gasteiger partial charge in [-0.25, -0.2) is 0 Å². The second kappa shape index (κ2) is 8.99. The average Bonchev–Trinajstić information content (AvgIpc) is 2.73. The summed E-state index contributed by atoms with van der Waals surface area (Å²) in [7, 11) is 3.35. The van der Waals surface area contributed by atoms with Crippen LogP contribution < -0.4 is 19.1 Å². The number of nitrogens with zero attached hydrogens (tertiary/aromatic N) is 1. The predicted molar refractivity (Wildman–Crippen MR) is 110 cm³/mol. The lowest BCUT2D eigenvalue weighted by Crippen LogP contribution is -2.30. The van der Waals surface area contributed by atoms with Gasteiger partial charge in [0, 0.05) is 11.4 Å². The summed E-state index contributed by atoms with van der Waals surface area (Å²) in [5.41, 5.74) is 2.15. The average molecular weight is 363 g/mol. The normalized spacial score (nSPS) is 11.5. The van der Waals surface area contributed by atoms with Gasteiger partial charge in [0.05, 0.1) is 20.8 Å². The van der Waals surface area contributed by atoms with Gasteiger partial charge in [0.2, 0.25) is 0 Å². The Bertz CT molecular complexity index is 769. The topological polar surface area (TPSA) is 30.9 Å². The van der Waals surface area contributed by atoms with E-state index in [0.29, 0.717) is 6.54 Å². The van der Waals surface area contributed by atoms with Crippen molar-refractivity contribution in [1.82, 2.24) is 0 Å². The monoisotopic (exact) mass is 363 g/mol. The largest absolute Gasteiger partial charge is 0.497 e. The number of benzene rings is 3. The zero-order valence-electron chi connectivity index (χ0n) is 16.0. The van der Waals surface area contributed by atoms with Crippen molar-refractivity contribution in [2.75, 3.05) is 25.7 Å². The van der Waals surface area contributed by atoms with Gasteiger partial charge < -0.3 is 19.1 Å². The van der Waals surface area contributed by atoms with Crippen LogP contribution in [0.15, 0.2) is 78.9 Å². The van der Waals surface area contributed by atoms with E-state index in [1.165, 1.54) is 0 Å². The first-order chi connectivity index (χ1) is 13.2. The third kappa shape index (κ3) is 4.94. The SMILES string of the molecule is COc1ccc(N(CC(C)Oc2ccccc2)c2ccc(OC)cc2)cc1. The van der Waals surface area contributed by atoms with Crippen LogP contribution in [0.1, 0.15) is 6.92 Å². The summed E-state index contributed by atoms with van der Waals surface area (Å²) >= 11 is 0. The number of para-hydroxylation sites is 1. The van der Waals surface area contributed by atoms with Gasteiger partial charge >= 0.3 is 0 Å². The summed E-state index contributed by atoms with van der Waals surface area (Å²) in [4.78, 5) is 2.23. The van der Waals surface area contributed by atoms with E-state index in [4.69, 9.17) is 14.2 Å². The lowest BCUT2D eigenvalue weighted by Gasteiger charge is -2.28. The molecule has 0 amide bonds. The van der Waals surface area contributed by atoms with E-state index in [1.807, 2.05) is 54.6 Å². The van der Waals surface area contributed by atoms with Crippen molar-refractivity contribution in [2.24, 2.45) is 0 Å². The highest BCUT2D eigenvalue weighted by molar-refractivity contribution is 5.64. The van der Waals surface area contributed by atoms with Crippen molar-refractivity contribution in [1.29, 1.82) is 0 Å². The molecule has 0 aromatic heterocycles. The van der Waals surface area contributed by atoms with E-state index in [-0.39, 0.29) is 6.10 Å². The summed E-state index contributed by atoms with van der Waals surface area (Å²) in [6.07, 6.45) is -0.00315. The van der Waals surface area contributed by atoms with Crippen molar-refractivity contribution >= 4 is 11.4 Å². The Morgan fingerprint density at radius 3 is 1.59 bits per heavy atom. The number of hydrogen-bond donors (Lipinski definition) is 0. The molecule has 0 bridgehead atoms. The van der Waals surface area contributed by atoms with Crippen LogP contribution in [0.25, 0.3) is 0 Å². The molecule has 0 saturated heterocycles. The smallest absolute Gasteiger partial charge is 0.119 e. The molecule has 4 heteroatoms. The van der Waals surface area contributed by atoms with Crippen LogP contribution in [0.5, 0.6) is 17.2 Å². The van der Waals surface area contributed by atoms with Crippen LogP contribution in [0, 0.1) is 0 Å². The molecule has 0 aliphatic carbocycles. The lowest BCUT2D eigenvalue weighted by atomic mass is 10.2. The third-order valence-electron chi connectivity index (χ3n) is 4.29. The molecule has 27 heavy (non-hydrogen) atoms. The van der Waals surface area contributed by atoms with E-state index in [2.05, 4.69) is 36.1 Å². The molecule has 3 aromatic carbocycles. The van der Waals surface area contributed by atoms with Crippen molar-refractivity contribution in [3.05, 3.63) is 78.9 Å². The molecule has 3 aromatic rings. The van der Waals surface area contributed by atoms with Crippen molar-refractivity contribution in [2.45, 2.75) is 13.0 Å². The highest BCUT2D eigenvalue weighted by Crippen LogP contribution is 2.29. The molecule has 140 valence electrons. The fraction of sp³-hybridized carbons (Fsp3) is 0.217. The Hall–Kier alpha value is -3.14. The minimum Gasteiger partial charge on any atom is -0.497 e. The molecule has 0 aliphatic rings. The number of rotatable bonds is 8. The van der Waals surface area contributed by atoms with Gasteiger partial charge in [-0.3, -0.25) is 0 Å². The number of ether oxygens (including phenoxy) is 3. The maximum Gasteiger partial charge on any atom is 0.119 e. The zero-order valence-corrected chi connectivity index (χ0v) is 16.0. The molecular weight excluding hydrogens is 338 g/mol. The van der Waals surface area contributed by atoms with E-state index < -0.39 is 0 Å². The van der Waals surface area contributed by atoms with Crippen LogP contribution in [-0.2, 0) is 0 Å². The van der Waals surface area contributed by atoms with Gasteiger partial charge in [-0.05, 0) is 67.6 Å². The maximum absolute atomic E-state index is 6.09. The minimum atomic E-state index is -0.00315. The van der Waals surface area contributed by atoms with Crippen LogP contribution in [0.3, 0.4) is 0 Å². The first-order valence-corrected chi connectivity index (χ1v) is 8.97. The molecular formula is C23H25NO3. The molecule has 0 spiro atoms. The van der Waals surface area contributed by atoms with Crippen LogP contribution in [0.2, 0.25) is 0 Å². The van der Waals surface area contributed by atoms with E-state index >= 15 is 0 Å². The molecule has 0 N–H and O–H groups in total. The van der Waals surface area contributed by atoms with Crippen molar-refractivity contribution < 1.29 is 14.2 Å². The zero-order chi connectivity index (χ0) is 19.1. The van der Waals surface area contributed by atoms with Gasteiger partial charge in [-0.1, -0.05) is 18.2 Å². The molecule has 0 aliphatic heterocycles. The molecule has 1 atom stereocenters. The molecule has 1 unspecified atom stereocenters. The molecule has 0 heterocycles. The van der Waals surface area contributed by atoms with Gasteiger partial charge in [0.25, 0.3) is 0 Å². The second-order valence-corrected chi connectivity index (χ2v) is 6.25. The minimum absolute atomic E-state index is 0.00315. The van der Waals surface area contributed by atoms with Crippen LogP contribution in [0.4, 0.5) is 11.4 Å².